The van der Waals surface area contributed by atoms with Gasteiger partial charge in [-0.3, -0.25) is 9.58 Å². The zero-order valence-corrected chi connectivity index (χ0v) is 28.8. The number of hydrogen-bond acceptors (Lipinski definition) is 6. The lowest BCUT2D eigenvalue weighted by Gasteiger charge is -2.28. The van der Waals surface area contributed by atoms with E-state index in [1.165, 1.54) is 18.2 Å². The summed E-state index contributed by atoms with van der Waals surface area (Å²) in [6, 6.07) is 13.5. The minimum Gasteiger partial charge on any atom is -0.493 e. The molecule has 0 amide bonds. The fourth-order valence-electron chi connectivity index (χ4n) is 6.86. The lowest BCUT2D eigenvalue weighted by Crippen LogP contribution is -2.44. The van der Waals surface area contributed by atoms with Crippen molar-refractivity contribution in [1.82, 2.24) is 24.6 Å². The third-order valence-corrected chi connectivity index (χ3v) is 9.11. The summed E-state index contributed by atoms with van der Waals surface area (Å²) in [5.74, 6) is -0.419. The molecule has 0 aliphatic carbocycles. The van der Waals surface area contributed by atoms with Crippen molar-refractivity contribution in [1.29, 1.82) is 0 Å². The Morgan fingerprint density at radius 1 is 0.979 bits per heavy atom. The molecular weight excluding hydrogens is 612 g/mol. The predicted octanol–water partition coefficient (Wildman–Crippen LogP) is 6.96. The topological polar surface area (TPSA) is 73.6 Å². The van der Waals surface area contributed by atoms with Crippen LogP contribution in [-0.4, -0.2) is 70.1 Å². The van der Waals surface area contributed by atoms with Gasteiger partial charge in [-0.05, 0) is 94.8 Å². The molecule has 0 radical (unpaired) electrons. The highest BCUT2D eigenvalue weighted by Gasteiger charge is 2.31. The smallest absolute Gasteiger partial charge is 0.355 e. The Bertz CT molecular complexity index is 1970. The fourth-order valence-corrected chi connectivity index (χ4v) is 6.86. The molecule has 10 heteroatoms. The first-order valence-corrected chi connectivity index (χ1v) is 16.7. The van der Waals surface area contributed by atoms with Crippen LogP contribution in [0.25, 0.3) is 32.8 Å². The normalized spacial score (nSPS) is 14.2. The van der Waals surface area contributed by atoms with Gasteiger partial charge in [-0.1, -0.05) is 12.1 Å². The van der Waals surface area contributed by atoms with Gasteiger partial charge in [0.25, 0.3) is 0 Å². The maximum absolute atomic E-state index is 16.2. The molecule has 0 bridgehead atoms. The van der Waals surface area contributed by atoms with Crippen LogP contribution in [0.4, 0.5) is 8.78 Å². The number of halogens is 2. The molecule has 254 valence electrons. The Hall–Kier alpha value is -4.28. The average Bonchev–Trinajstić information content (AvgIpc) is 3.49. The van der Waals surface area contributed by atoms with Crippen molar-refractivity contribution in [2.24, 2.45) is 7.05 Å². The number of esters is 1. The largest absolute Gasteiger partial charge is 0.493 e. The highest BCUT2D eigenvalue weighted by Crippen LogP contribution is 2.40. The van der Waals surface area contributed by atoms with Crippen LogP contribution >= 0.6 is 0 Å². The van der Waals surface area contributed by atoms with Gasteiger partial charge in [0.1, 0.15) is 28.7 Å². The van der Waals surface area contributed by atoms with Crippen molar-refractivity contribution in [2.75, 3.05) is 39.3 Å². The van der Waals surface area contributed by atoms with E-state index in [4.69, 9.17) is 9.47 Å². The molecule has 1 saturated heterocycles. The molecule has 0 unspecified atom stereocenters. The molecule has 1 fully saturated rings. The Labute approximate surface area is 280 Å². The number of fused-ring (bicyclic) bond motifs is 2. The summed E-state index contributed by atoms with van der Waals surface area (Å²) in [5.41, 5.74) is 3.96. The van der Waals surface area contributed by atoms with Gasteiger partial charge in [0.05, 0.1) is 17.8 Å². The van der Waals surface area contributed by atoms with Crippen molar-refractivity contribution < 1.29 is 23.0 Å². The van der Waals surface area contributed by atoms with Gasteiger partial charge in [-0.2, -0.15) is 5.10 Å². The number of benzene rings is 3. The number of nitrogens with zero attached hydrogens (tertiary/aromatic N) is 4. The van der Waals surface area contributed by atoms with Gasteiger partial charge in [0.15, 0.2) is 0 Å². The van der Waals surface area contributed by atoms with Gasteiger partial charge >= 0.3 is 5.97 Å². The first-order chi connectivity index (χ1) is 22.9. The summed E-state index contributed by atoms with van der Waals surface area (Å²) in [7, 11) is 1.86. The molecule has 0 atom stereocenters. The van der Waals surface area contributed by atoms with Gasteiger partial charge in [-0.25, -0.2) is 13.6 Å². The lowest BCUT2D eigenvalue weighted by atomic mass is 9.98. The number of hydrogen-bond donors (Lipinski definition) is 1. The molecule has 2 aromatic heterocycles. The zero-order valence-electron chi connectivity index (χ0n) is 28.8. The van der Waals surface area contributed by atoms with E-state index in [9.17, 15) is 9.18 Å². The predicted molar refractivity (Wildman–Crippen MR) is 186 cm³/mol. The molecular formula is C38H45F2N5O3. The second-order valence-electron chi connectivity index (χ2n) is 13.6. The van der Waals surface area contributed by atoms with Crippen LogP contribution in [0.1, 0.15) is 54.6 Å². The Morgan fingerprint density at radius 3 is 2.44 bits per heavy atom. The van der Waals surface area contributed by atoms with Crippen molar-refractivity contribution in [3.05, 3.63) is 82.8 Å². The number of aryl methyl sites for hydroxylation is 3. The SMILES string of the molecule is Cc1nn(C)c(C)c1-c1c(F)ccc2c(CCCOc3cccc4cc(F)ccc34)c(C(=O)OC(C)(C)C)n(CCN3CCNCC3)c12. The van der Waals surface area contributed by atoms with Crippen LogP contribution in [0, 0.1) is 25.5 Å². The molecule has 3 heterocycles. The average molecular weight is 658 g/mol. The van der Waals surface area contributed by atoms with Crippen LogP contribution in [0.2, 0.25) is 0 Å². The van der Waals surface area contributed by atoms with Crippen molar-refractivity contribution in [2.45, 2.75) is 59.6 Å². The molecule has 5 aromatic rings. The highest BCUT2D eigenvalue weighted by atomic mass is 19.1. The van der Waals surface area contributed by atoms with E-state index in [1.807, 2.05) is 64.4 Å². The highest BCUT2D eigenvalue weighted by molar-refractivity contribution is 6.05. The Kier molecular flexibility index (Phi) is 9.58. The standard InChI is InChI=1S/C38H45F2N5O3/c1-24-33(25(2)43(6)42-24)34-31(40)15-14-30-29(10-8-22-47-32-11-7-9-26-23-27(39)12-13-28(26)32)36(37(46)48-38(3,4)5)45(35(30)34)21-20-44-18-16-41-17-19-44/h7,9,11-15,23,41H,8,10,16-22H2,1-6H3. The van der Waals surface area contributed by atoms with E-state index in [0.717, 1.165) is 64.9 Å². The number of nitrogens with one attached hydrogen (secondary N) is 1. The van der Waals surface area contributed by atoms with E-state index in [-0.39, 0.29) is 11.6 Å². The maximum Gasteiger partial charge on any atom is 0.355 e. The second kappa shape index (κ2) is 13.7. The van der Waals surface area contributed by atoms with Gasteiger partial charge in [0.2, 0.25) is 0 Å². The van der Waals surface area contributed by atoms with Crippen molar-refractivity contribution in [3.63, 3.8) is 0 Å². The third-order valence-electron chi connectivity index (χ3n) is 9.11. The summed E-state index contributed by atoms with van der Waals surface area (Å²) in [4.78, 5) is 16.5. The molecule has 1 aliphatic heterocycles. The number of ether oxygens (including phenoxy) is 2. The van der Waals surface area contributed by atoms with Gasteiger partial charge in [0, 0.05) is 73.9 Å². The minimum absolute atomic E-state index is 0.296. The number of carbonyl (C=O) groups excluding carboxylic acids is 1. The quantitative estimate of drug-likeness (QED) is 0.129. The number of rotatable bonds is 10. The van der Waals surface area contributed by atoms with E-state index in [0.29, 0.717) is 55.1 Å². The molecule has 6 rings (SSSR count). The molecule has 1 N–H and O–H groups in total. The van der Waals surface area contributed by atoms with Crippen LogP contribution in [0.15, 0.2) is 48.5 Å². The zero-order chi connectivity index (χ0) is 34.2. The van der Waals surface area contributed by atoms with Crippen LogP contribution in [0.5, 0.6) is 5.75 Å². The van der Waals surface area contributed by atoms with Gasteiger partial charge in [-0.15, -0.1) is 0 Å². The van der Waals surface area contributed by atoms with Gasteiger partial charge < -0.3 is 19.4 Å². The van der Waals surface area contributed by atoms with Crippen LogP contribution in [-0.2, 0) is 24.8 Å². The maximum atomic E-state index is 16.2. The molecule has 0 saturated carbocycles. The monoisotopic (exact) mass is 657 g/mol. The van der Waals surface area contributed by atoms with E-state index < -0.39 is 11.6 Å². The Morgan fingerprint density at radius 2 is 1.73 bits per heavy atom. The Balaban J connectivity index is 1.44. The first-order valence-electron chi connectivity index (χ1n) is 16.7. The molecule has 0 spiro atoms. The number of aromatic nitrogens is 3. The number of piperazine rings is 1. The molecule has 3 aromatic carbocycles. The van der Waals surface area contributed by atoms with E-state index in [2.05, 4.69) is 15.3 Å². The summed E-state index contributed by atoms with van der Waals surface area (Å²) < 4.78 is 46.1. The fraction of sp³-hybridized carbons (Fsp3) is 0.421. The van der Waals surface area contributed by atoms with E-state index >= 15 is 4.39 Å². The first kappa shape index (κ1) is 33.6. The summed E-state index contributed by atoms with van der Waals surface area (Å²) in [6.45, 7) is 14.6. The minimum atomic E-state index is -0.726. The van der Waals surface area contributed by atoms with Crippen molar-refractivity contribution >= 4 is 27.6 Å². The molecule has 1 aliphatic rings. The lowest BCUT2D eigenvalue weighted by molar-refractivity contribution is 0.00561. The number of carbonyl (C=O) groups is 1. The third kappa shape index (κ3) is 6.82. The summed E-state index contributed by atoms with van der Waals surface area (Å²) in [5, 5.41) is 10.4. The second-order valence-corrected chi connectivity index (χ2v) is 13.6. The van der Waals surface area contributed by atoms with Crippen LogP contribution < -0.4 is 10.1 Å². The van der Waals surface area contributed by atoms with Crippen LogP contribution in [0.3, 0.4) is 0 Å². The molecule has 8 nitrogen and oxygen atoms in total. The van der Waals surface area contributed by atoms with Crippen molar-refractivity contribution in [3.8, 4) is 16.9 Å². The summed E-state index contributed by atoms with van der Waals surface area (Å²) in [6.07, 6.45) is 1.09. The molecule has 48 heavy (non-hydrogen) atoms. The summed E-state index contributed by atoms with van der Waals surface area (Å²) >= 11 is 0. The van der Waals surface area contributed by atoms with E-state index in [1.54, 1.807) is 16.8 Å².